The van der Waals surface area contributed by atoms with Gasteiger partial charge >= 0.3 is 0 Å². The Kier molecular flexibility index (Phi) is 6.18. The predicted molar refractivity (Wildman–Crippen MR) is 111 cm³/mol. The van der Waals surface area contributed by atoms with Crippen LogP contribution in [0.4, 0.5) is 5.69 Å². The Hall–Kier alpha value is -2.32. The van der Waals surface area contributed by atoms with Crippen molar-refractivity contribution >= 4 is 23.0 Å². The molecule has 0 bridgehead atoms. The fourth-order valence-electron chi connectivity index (χ4n) is 3.26. The van der Waals surface area contributed by atoms with Gasteiger partial charge in [-0.05, 0) is 31.3 Å². The SMILES string of the molecule is COc1ccc(OC)c(NC(=S)N2CCN(Cc3cn(C)nc3C)CC2)c1. The van der Waals surface area contributed by atoms with Gasteiger partial charge in [0.2, 0.25) is 0 Å². The van der Waals surface area contributed by atoms with Crippen LogP contribution in [0.25, 0.3) is 0 Å². The molecule has 3 rings (SSSR count). The number of methoxy groups -OCH3 is 2. The predicted octanol–water partition coefficient (Wildman–Crippen LogP) is 2.26. The highest BCUT2D eigenvalue weighted by Gasteiger charge is 2.21. The molecule has 1 saturated heterocycles. The van der Waals surface area contributed by atoms with Gasteiger partial charge in [0.1, 0.15) is 11.5 Å². The third-order valence-corrected chi connectivity index (χ3v) is 5.18. The van der Waals surface area contributed by atoms with E-state index in [1.54, 1.807) is 14.2 Å². The molecule has 0 unspecified atom stereocenters. The zero-order valence-electron chi connectivity index (χ0n) is 16.4. The Morgan fingerprint density at radius 2 is 1.93 bits per heavy atom. The molecule has 1 N–H and O–H groups in total. The van der Waals surface area contributed by atoms with Crippen LogP contribution in [0.1, 0.15) is 11.3 Å². The highest BCUT2D eigenvalue weighted by Crippen LogP contribution is 2.29. The van der Waals surface area contributed by atoms with Crippen LogP contribution in [0.15, 0.2) is 24.4 Å². The normalized spacial score (nSPS) is 14.9. The number of aromatic nitrogens is 2. The summed E-state index contributed by atoms with van der Waals surface area (Å²) in [5, 5.41) is 8.43. The van der Waals surface area contributed by atoms with Crippen LogP contribution in [0.5, 0.6) is 11.5 Å². The minimum absolute atomic E-state index is 0.707. The zero-order valence-corrected chi connectivity index (χ0v) is 17.2. The number of nitrogens with zero attached hydrogens (tertiary/aromatic N) is 4. The number of nitrogens with one attached hydrogen (secondary N) is 1. The zero-order chi connectivity index (χ0) is 19.4. The quantitative estimate of drug-likeness (QED) is 0.787. The molecule has 2 heterocycles. The first kappa shape index (κ1) is 19.4. The molecule has 0 radical (unpaired) electrons. The topological polar surface area (TPSA) is 54.8 Å². The maximum atomic E-state index is 5.62. The summed E-state index contributed by atoms with van der Waals surface area (Å²) in [6.07, 6.45) is 2.10. The molecule has 146 valence electrons. The third-order valence-electron chi connectivity index (χ3n) is 4.82. The van der Waals surface area contributed by atoms with Gasteiger partial charge in [-0.1, -0.05) is 0 Å². The second-order valence-corrected chi connectivity index (χ2v) is 7.06. The van der Waals surface area contributed by atoms with E-state index in [-0.39, 0.29) is 0 Å². The Balaban J connectivity index is 1.56. The summed E-state index contributed by atoms with van der Waals surface area (Å²) in [7, 11) is 5.26. The highest BCUT2D eigenvalue weighted by molar-refractivity contribution is 7.80. The largest absolute Gasteiger partial charge is 0.497 e. The van der Waals surface area contributed by atoms with Crippen molar-refractivity contribution in [3.63, 3.8) is 0 Å². The first-order valence-corrected chi connectivity index (χ1v) is 9.40. The van der Waals surface area contributed by atoms with E-state index in [1.165, 1.54) is 5.56 Å². The molecule has 8 heteroatoms. The molecule has 0 amide bonds. The lowest BCUT2D eigenvalue weighted by Gasteiger charge is -2.36. The van der Waals surface area contributed by atoms with Gasteiger partial charge in [0.05, 0.1) is 25.6 Å². The number of hydrogen-bond acceptors (Lipinski definition) is 5. The number of aryl methyl sites for hydroxylation is 2. The molecular weight excluding hydrogens is 362 g/mol. The van der Waals surface area contributed by atoms with E-state index in [1.807, 2.05) is 29.9 Å². The number of piperazine rings is 1. The van der Waals surface area contributed by atoms with Gasteiger partial charge in [0.15, 0.2) is 5.11 Å². The second kappa shape index (κ2) is 8.58. The summed E-state index contributed by atoms with van der Waals surface area (Å²) in [4.78, 5) is 4.64. The van der Waals surface area contributed by atoms with Crippen molar-refractivity contribution < 1.29 is 9.47 Å². The van der Waals surface area contributed by atoms with Gasteiger partial charge in [-0.2, -0.15) is 5.10 Å². The molecule has 1 fully saturated rings. The number of thiocarbonyl (C=S) groups is 1. The van der Waals surface area contributed by atoms with Crippen LogP contribution >= 0.6 is 12.2 Å². The van der Waals surface area contributed by atoms with Crippen LogP contribution < -0.4 is 14.8 Å². The van der Waals surface area contributed by atoms with E-state index in [9.17, 15) is 0 Å². The van der Waals surface area contributed by atoms with Crippen molar-refractivity contribution in [2.24, 2.45) is 7.05 Å². The van der Waals surface area contributed by atoms with Gasteiger partial charge in [0.25, 0.3) is 0 Å². The summed E-state index contributed by atoms with van der Waals surface area (Å²) in [6, 6.07) is 5.64. The number of anilines is 1. The molecule has 0 spiro atoms. The van der Waals surface area contributed by atoms with Crippen molar-refractivity contribution in [3.05, 3.63) is 35.7 Å². The lowest BCUT2D eigenvalue weighted by molar-refractivity contribution is 0.176. The summed E-state index contributed by atoms with van der Waals surface area (Å²) in [5.74, 6) is 1.50. The number of rotatable bonds is 5. The van der Waals surface area contributed by atoms with E-state index in [0.29, 0.717) is 5.11 Å². The first-order valence-electron chi connectivity index (χ1n) is 8.99. The van der Waals surface area contributed by atoms with Gasteiger partial charge in [0, 0.05) is 57.6 Å². The molecule has 0 saturated carbocycles. The lowest BCUT2D eigenvalue weighted by Crippen LogP contribution is -2.49. The molecule has 1 aliphatic heterocycles. The molecule has 1 aromatic carbocycles. The Morgan fingerprint density at radius 1 is 1.19 bits per heavy atom. The molecule has 1 aromatic heterocycles. The minimum Gasteiger partial charge on any atom is -0.497 e. The van der Waals surface area contributed by atoms with Gasteiger partial charge in [-0.15, -0.1) is 0 Å². The molecule has 27 heavy (non-hydrogen) atoms. The molecule has 2 aromatic rings. The van der Waals surface area contributed by atoms with Crippen LogP contribution in [0, 0.1) is 6.92 Å². The summed E-state index contributed by atoms with van der Waals surface area (Å²) in [6.45, 7) is 6.69. The Morgan fingerprint density at radius 3 is 2.52 bits per heavy atom. The first-order chi connectivity index (χ1) is 13.0. The molecular formula is C19H27N5O2S. The fourth-order valence-corrected chi connectivity index (χ4v) is 3.55. The van der Waals surface area contributed by atoms with E-state index >= 15 is 0 Å². The fraction of sp³-hybridized carbons (Fsp3) is 0.474. The molecule has 1 aliphatic rings. The van der Waals surface area contributed by atoms with Crippen molar-refractivity contribution in [2.75, 3.05) is 45.7 Å². The number of ether oxygens (including phenoxy) is 2. The number of hydrogen-bond donors (Lipinski definition) is 1. The minimum atomic E-state index is 0.707. The average Bonchev–Trinajstić information content (AvgIpc) is 2.99. The molecule has 0 aliphatic carbocycles. The lowest BCUT2D eigenvalue weighted by atomic mass is 10.2. The van der Waals surface area contributed by atoms with Gasteiger partial charge in [-0.25, -0.2) is 0 Å². The summed E-state index contributed by atoms with van der Waals surface area (Å²) >= 11 is 5.62. The molecule has 0 atom stereocenters. The summed E-state index contributed by atoms with van der Waals surface area (Å²) < 4.78 is 12.6. The maximum absolute atomic E-state index is 5.62. The standard InChI is InChI=1S/C19H27N5O2S/c1-14-15(12-22(2)21-14)13-23-7-9-24(10-8-23)19(27)20-17-11-16(25-3)5-6-18(17)26-4/h5-6,11-12H,7-10,13H2,1-4H3,(H,20,27). The Bertz CT molecular complexity index is 799. The van der Waals surface area contributed by atoms with Crippen LogP contribution in [-0.4, -0.2) is 65.1 Å². The van der Waals surface area contributed by atoms with Gasteiger partial charge < -0.3 is 19.7 Å². The highest BCUT2D eigenvalue weighted by atomic mass is 32.1. The monoisotopic (exact) mass is 389 g/mol. The van der Waals surface area contributed by atoms with Crippen LogP contribution in [0.3, 0.4) is 0 Å². The van der Waals surface area contributed by atoms with Crippen molar-refractivity contribution in [3.8, 4) is 11.5 Å². The van der Waals surface area contributed by atoms with Crippen LogP contribution in [0.2, 0.25) is 0 Å². The van der Waals surface area contributed by atoms with E-state index in [4.69, 9.17) is 21.7 Å². The third kappa shape index (κ3) is 4.70. The summed E-state index contributed by atoms with van der Waals surface area (Å²) in [5.41, 5.74) is 3.20. The van der Waals surface area contributed by atoms with E-state index < -0.39 is 0 Å². The molecule has 7 nitrogen and oxygen atoms in total. The second-order valence-electron chi connectivity index (χ2n) is 6.67. The van der Waals surface area contributed by atoms with Crippen molar-refractivity contribution in [1.82, 2.24) is 19.6 Å². The smallest absolute Gasteiger partial charge is 0.173 e. The van der Waals surface area contributed by atoms with E-state index in [2.05, 4.69) is 33.3 Å². The van der Waals surface area contributed by atoms with E-state index in [0.717, 1.165) is 55.6 Å². The Labute approximate surface area is 165 Å². The number of benzene rings is 1. The van der Waals surface area contributed by atoms with Crippen molar-refractivity contribution in [1.29, 1.82) is 0 Å². The maximum Gasteiger partial charge on any atom is 0.173 e. The van der Waals surface area contributed by atoms with Crippen molar-refractivity contribution in [2.45, 2.75) is 13.5 Å². The van der Waals surface area contributed by atoms with Crippen LogP contribution in [-0.2, 0) is 13.6 Å². The van der Waals surface area contributed by atoms with Gasteiger partial charge in [-0.3, -0.25) is 9.58 Å². The average molecular weight is 390 g/mol.